The maximum absolute atomic E-state index is 12.5. The molecule has 3 heterocycles. The summed E-state index contributed by atoms with van der Waals surface area (Å²) in [6.45, 7) is 0.767. The highest BCUT2D eigenvalue weighted by Gasteiger charge is 2.18. The van der Waals surface area contributed by atoms with Crippen LogP contribution in [0.5, 0.6) is 0 Å². The summed E-state index contributed by atoms with van der Waals surface area (Å²) in [6.07, 6.45) is 1.91. The van der Waals surface area contributed by atoms with E-state index in [1.165, 1.54) is 0 Å². The van der Waals surface area contributed by atoms with Crippen LogP contribution in [0.3, 0.4) is 0 Å². The zero-order valence-electron chi connectivity index (χ0n) is 13.4. The number of imidazole rings is 1. The summed E-state index contributed by atoms with van der Waals surface area (Å²) < 4.78 is 1.90. The molecule has 0 saturated carbocycles. The van der Waals surface area contributed by atoms with Crippen LogP contribution in [0.4, 0.5) is 5.82 Å². The van der Waals surface area contributed by atoms with Gasteiger partial charge in [-0.3, -0.25) is 9.20 Å². The molecule has 7 nitrogen and oxygen atoms in total. The lowest BCUT2D eigenvalue weighted by Gasteiger charge is -2.10. The zero-order valence-corrected chi connectivity index (χ0v) is 14.2. The van der Waals surface area contributed by atoms with Gasteiger partial charge in [-0.25, -0.2) is 15.8 Å². The molecule has 0 spiro atoms. The van der Waals surface area contributed by atoms with Gasteiger partial charge in [-0.2, -0.15) is 5.53 Å². The van der Waals surface area contributed by atoms with Crippen molar-refractivity contribution in [1.29, 1.82) is 0 Å². The fourth-order valence-electron chi connectivity index (χ4n) is 2.68. The first-order valence-corrected chi connectivity index (χ1v) is 9.03. The maximum atomic E-state index is 12.5. The van der Waals surface area contributed by atoms with Gasteiger partial charge in [0.25, 0.3) is 0 Å². The first-order chi connectivity index (χ1) is 12.3. The Kier molecular flexibility index (Phi) is 4.66. The van der Waals surface area contributed by atoms with E-state index >= 15 is 0 Å². The average molecular weight is 354 g/mol. The molecule has 1 aliphatic rings. The second-order valence-electron chi connectivity index (χ2n) is 5.60. The number of nitrogens with one attached hydrogen (secondary N) is 4. The molecule has 1 unspecified atom stereocenters. The van der Waals surface area contributed by atoms with Gasteiger partial charge in [0.05, 0.1) is 11.1 Å². The molecule has 1 saturated heterocycles. The van der Waals surface area contributed by atoms with E-state index in [1.54, 1.807) is 11.8 Å². The maximum Gasteiger partial charge on any atom is 0.235 e. The third-order valence-corrected chi connectivity index (χ3v) is 4.98. The molecular weight excluding hydrogens is 336 g/mol. The number of hydrogen-bond acceptors (Lipinski definition) is 6. The molecule has 8 heteroatoms. The second kappa shape index (κ2) is 7.24. The largest absolute Gasteiger partial charge is 0.309 e. The second-order valence-corrected chi connectivity index (χ2v) is 6.79. The van der Waals surface area contributed by atoms with E-state index in [2.05, 4.69) is 26.7 Å². The van der Waals surface area contributed by atoms with E-state index in [9.17, 15) is 4.79 Å². The van der Waals surface area contributed by atoms with Crippen LogP contribution in [0.25, 0.3) is 16.9 Å². The summed E-state index contributed by atoms with van der Waals surface area (Å²) in [5.41, 5.74) is 11.4. The Morgan fingerprint density at radius 2 is 2.08 bits per heavy atom. The average Bonchev–Trinajstić information content (AvgIpc) is 3.29. The number of hydrazine groups is 2. The SMILES string of the molecule is O=C(CSC1CNNN1)Nc1c(-c2ccccc2)nc2ccccn12. The number of aromatic nitrogens is 2. The van der Waals surface area contributed by atoms with Crippen LogP contribution >= 0.6 is 11.8 Å². The third-order valence-electron chi connectivity index (χ3n) is 3.86. The van der Waals surface area contributed by atoms with E-state index in [1.807, 2.05) is 59.1 Å². The van der Waals surface area contributed by atoms with Crippen LogP contribution < -0.4 is 21.7 Å². The highest BCUT2D eigenvalue weighted by atomic mass is 32.2. The van der Waals surface area contributed by atoms with E-state index in [0.717, 1.165) is 23.4 Å². The molecule has 128 valence electrons. The molecule has 1 amide bonds. The number of carbonyl (C=O) groups is 1. The molecule has 3 aromatic rings. The summed E-state index contributed by atoms with van der Waals surface area (Å²) in [5, 5.41) is 3.20. The van der Waals surface area contributed by atoms with Crippen molar-refractivity contribution < 1.29 is 4.79 Å². The van der Waals surface area contributed by atoms with Crippen molar-refractivity contribution in [3.63, 3.8) is 0 Å². The van der Waals surface area contributed by atoms with Gasteiger partial charge in [0, 0.05) is 18.3 Å². The molecule has 25 heavy (non-hydrogen) atoms. The number of nitrogens with zero attached hydrogens (tertiary/aromatic N) is 2. The van der Waals surface area contributed by atoms with Crippen molar-refractivity contribution >= 4 is 29.1 Å². The number of hydrogen-bond donors (Lipinski definition) is 4. The third kappa shape index (κ3) is 3.52. The number of benzene rings is 1. The van der Waals surface area contributed by atoms with Gasteiger partial charge in [-0.05, 0) is 12.1 Å². The highest BCUT2D eigenvalue weighted by molar-refractivity contribution is 8.00. The van der Waals surface area contributed by atoms with Crippen LogP contribution in [-0.2, 0) is 4.79 Å². The number of thioether (sulfide) groups is 1. The highest BCUT2D eigenvalue weighted by Crippen LogP contribution is 2.28. The number of fused-ring (bicyclic) bond motifs is 1. The predicted octanol–water partition coefficient (Wildman–Crippen LogP) is 1.61. The van der Waals surface area contributed by atoms with E-state index in [0.29, 0.717) is 11.6 Å². The molecule has 1 aliphatic heterocycles. The van der Waals surface area contributed by atoms with Crippen molar-refractivity contribution in [2.24, 2.45) is 0 Å². The molecule has 4 rings (SSSR count). The molecular formula is C17H18N6OS. The molecule has 0 bridgehead atoms. The van der Waals surface area contributed by atoms with E-state index < -0.39 is 0 Å². The van der Waals surface area contributed by atoms with Crippen LogP contribution in [0.15, 0.2) is 54.7 Å². The molecule has 0 radical (unpaired) electrons. The van der Waals surface area contributed by atoms with Crippen LogP contribution in [0.1, 0.15) is 0 Å². The quantitative estimate of drug-likeness (QED) is 0.557. The fourth-order valence-corrected chi connectivity index (χ4v) is 3.45. The summed E-state index contributed by atoms with van der Waals surface area (Å²) in [6, 6.07) is 15.7. The summed E-state index contributed by atoms with van der Waals surface area (Å²) >= 11 is 1.54. The number of rotatable bonds is 5. The summed E-state index contributed by atoms with van der Waals surface area (Å²) in [4.78, 5) is 17.1. The van der Waals surface area contributed by atoms with Gasteiger partial charge in [-0.1, -0.05) is 36.4 Å². The van der Waals surface area contributed by atoms with E-state index in [-0.39, 0.29) is 11.3 Å². The standard InChI is InChI=1S/C17H18N6OS/c24-14(11-25-15-10-18-22-21-15)20-17-16(12-6-2-1-3-7-12)19-13-8-4-5-9-23(13)17/h1-9,15,18,21-22H,10-11H2,(H,20,24). The van der Waals surface area contributed by atoms with Crippen molar-refractivity contribution in [2.75, 3.05) is 17.6 Å². The monoisotopic (exact) mass is 354 g/mol. The zero-order chi connectivity index (χ0) is 17.1. The Balaban J connectivity index is 1.60. The van der Waals surface area contributed by atoms with Gasteiger partial charge in [-0.15, -0.1) is 11.8 Å². The van der Waals surface area contributed by atoms with Gasteiger partial charge in [0.15, 0.2) is 0 Å². The van der Waals surface area contributed by atoms with Gasteiger partial charge >= 0.3 is 0 Å². The number of anilines is 1. The van der Waals surface area contributed by atoms with Crippen LogP contribution in [0, 0.1) is 0 Å². The van der Waals surface area contributed by atoms with Crippen molar-refractivity contribution in [1.82, 2.24) is 25.8 Å². The van der Waals surface area contributed by atoms with Crippen molar-refractivity contribution in [3.8, 4) is 11.3 Å². The van der Waals surface area contributed by atoms with Crippen LogP contribution in [-0.4, -0.2) is 33.0 Å². The minimum absolute atomic E-state index is 0.0541. The number of carbonyl (C=O) groups excluding carboxylic acids is 1. The Hall–Kier alpha value is -2.39. The van der Waals surface area contributed by atoms with Crippen molar-refractivity contribution in [3.05, 3.63) is 54.7 Å². The summed E-state index contributed by atoms with van der Waals surface area (Å²) in [7, 11) is 0. The van der Waals surface area contributed by atoms with Crippen LogP contribution in [0.2, 0.25) is 0 Å². The Morgan fingerprint density at radius 1 is 1.24 bits per heavy atom. The van der Waals surface area contributed by atoms with Gasteiger partial charge in [0.2, 0.25) is 5.91 Å². The fraction of sp³-hybridized carbons (Fsp3) is 0.176. The number of amides is 1. The molecule has 0 aliphatic carbocycles. The minimum Gasteiger partial charge on any atom is -0.309 e. The first-order valence-electron chi connectivity index (χ1n) is 7.98. The molecule has 1 atom stereocenters. The summed E-state index contributed by atoms with van der Waals surface area (Å²) in [5.74, 6) is 1.000. The number of pyridine rings is 1. The molecule has 4 N–H and O–H groups in total. The Labute approximate surface area is 149 Å². The smallest absolute Gasteiger partial charge is 0.235 e. The van der Waals surface area contributed by atoms with Crippen molar-refractivity contribution in [2.45, 2.75) is 5.37 Å². The Morgan fingerprint density at radius 3 is 2.88 bits per heavy atom. The predicted molar refractivity (Wildman–Crippen MR) is 99.8 cm³/mol. The van der Waals surface area contributed by atoms with Gasteiger partial charge in [0.1, 0.15) is 17.2 Å². The van der Waals surface area contributed by atoms with E-state index in [4.69, 9.17) is 0 Å². The van der Waals surface area contributed by atoms with Gasteiger partial charge < -0.3 is 5.32 Å². The normalized spacial score (nSPS) is 17.0. The minimum atomic E-state index is -0.0541. The topological polar surface area (TPSA) is 82.5 Å². The first kappa shape index (κ1) is 16.1. The molecule has 2 aromatic heterocycles. The Bertz CT molecular complexity index is 875. The lowest BCUT2D eigenvalue weighted by molar-refractivity contribution is -0.113. The molecule has 1 aromatic carbocycles. The molecule has 1 fully saturated rings. The lowest BCUT2D eigenvalue weighted by atomic mass is 10.1. The lowest BCUT2D eigenvalue weighted by Crippen LogP contribution is -2.32.